The molecule has 6 rings (SSSR count). The van der Waals surface area contributed by atoms with Gasteiger partial charge in [0.25, 0.3) is 0 Å². The summed E-state index contributed by atoms with van der Waals surface area (Å²) in [6.07, 6.45) is 4.00. The number of nitrogens with one attached hydrogen (secondary N) is 2. The van der Waals surface area contributed by atoms with Gasteiger partial charge in [-0.1, -0.05) is 24.3 Å². The smallest absolute Gasteiger partial charge is 0.137 e. The zero-order chi connectivity index (χ0) is 25.2. The first-order chi connectivity index (χ1) is 18.2. The molecule has 0 spiro atoms. The minimum atomic E-state index is 0.103. The molecule has 2 fully saturated rings. The second-order valence-corrected chi connectivity index (χ2v) is 10.1. The van der Waals surface area contributed by atoms with E-state index < -0.39 is 0 Å². The van der Waals surface area contributed by atoms with Crippen LogP contribution in [0.5, 0.6) is 5.75 Å². The predicted molar refractivity (Wildman–Crippen MR) is 147 cm³/mol. The highest BCUT2D eigenvalue weighted by molar-refractivity contribution is 5.90. The van der Waals surface area contributed by atoms with Crippen LogP contribution in [0.4, 0.5) is 11.5 Å². The number of ether oxygens (including phenoxy) is 2. The Morgan fingerprint density at radius 3 is 2.49 bits per heavy atom. The molecule has 2 saturated heterocycles. The van der Waals surface area contributed by atoms with Crippen LogP contribution in [0.15, 0.2) is 54.6 Å². The highest BCUT2D eigenvalue weighted by Gasteiger charge is 2.21. The van der Waals surface area contributed by atoms with Crippen LogP contribution in [-0.4, -0.2) is 69.0 Å². The molecule has 190 valence electrons. The van der Waals surface area contributed by atoms with Crippen molar-refractivity contribution in [3.8, 4) is 23.1 Å². The molecule has 2 N–H and O–H groups in total. The van der Waals surface area contributed by atoms with Crippen LogP contribution < -0.4 is 15.0 Å². The highest BCUT2D eigenvalue weighted by atomic mass is 16.5. The summed E-state index contributed by atoms with van der Waals surface area (Å²) in [5.41, 5.74) is 7.35. The maximum absolute atomic E-state index is 9.85. The largest absolute Gasteiger partial charge is 0.489 e. The van der Waals surface area contributed by atoms with Gasteiger partial charge in [-0.05, 0) is 54.1 Å². The van der Waals surface area contributed by atoms with E-state index >= 15 is 0 Å². The maximum Gasteiger partial charge on any atom is 0.137 e. The van der Waals surface area contributed by atoms with Crippen LogP contribution in [0.1, 0.15) is 29.5 Å². The number of aromatic nitrogens is 1. The summed E-state index contributed by atoms with van der Waals surface area (Å²) >= 11 is 0. The van der Waals surface area contributed by atoms with Gasteiger partial charge in [0.1, 0.15) is 23.7 Å². The average Bonchev–Trinajstić information content (AvgIpc) is 3.39. The van der Waals surface area contributed by atoms with Gasteiger partial charge >= 0.3 is 0 Å². The number of hydrogen-bond acceptors (Lipinski definition) is 6. The highest BCUT2D eigenvalue weighted by Crippen LogP contribution is 2.37. The number of benzene rings is 2. The number of nitrogens with zero attached hydrogens (tertiary/aromatic N) is 3. The third-order valence-corrected chi connectivity index (χ3v) is 7.61. The minimum absolute atomic E-state index is 0.103. The van der Waals surface area contributed by atoms with Crippen LogP contribution in [0.25, 0.3) is 16.8 Å². The van der Waals surface area contributed by atoms with Crippen molar-refractivity contribution in [2.75, 3.05) is 63.2 Å². The summed E-state index contributed by atoms with van der Waals surface area (Å²) in [6, 6.07) is 19.3. The summed E-state index contributed by atoms with van der Waals surface area (Å²) in [6.45, 7) is 6.48. The monoisotopic (exact) mass is 495 g/mol. The van der Waals surface area contributed by atoms with Crippen molar-refractivity contribution in [2.24, 2.45) is 0 Å². The molecule has 0 aliphatic carbocycles. The van der Waals surface area contributed by atoms with Crippen molar-refractivity contribution in [1.82, 2.24) is 9.88 Å². The zero-order valence-electron chi connectivity index (χ0n) is 21.3. The molecule has 3 aromatic rings. The molecule has 0 saturated carbocycles. The standard InChI is InChI=1S/C30H33N5O2/c1-34-12-14-35(15-13-34)24-5-2-21(3-6-24)28-19-27-26(8-11-32-30(27)33-28)22-4-7-29(23(18-22)20-31)37-25-9-16-36-17-10-25/h2-8,18-19,25,32-33H,9-17H2,1H3. The zero-order valence-corrected chi connectivity index (χ0v) is 21.3. The van der Waals surface area contributed by atoms with Gasteiger partial charge in [-0.15, -0.1) is 0 Å². The lowest BCUT2D eigenvalue weighted by atomic mass is 9.95. The van der Waals surface area contributed by atoms with Gasteiger partial charge in [-0.2, -0.15) is 5.26 Å². The lowest BCUT2D eigenvalue weighted by Gasteiger charge is -2.34. The molecule has 7 heteroatoms. The van der Waals surface area contributed by atoms with E-state index in [4.69, 9.17) is 9.47 Å². The molecule has 0 unspecified atom stereocenters. The molecule has 0 radical (unpaired) electrons. The van der Waals surface area contributed by atoms with Crippen molar-refractivity contribution in [2.45, 2.75) is 18.9 Å². The molecular formula is C30H33N5O2. The van der Waals surface area contributed by atoms with Crippen LogP contribution in [0, 0.1) is 11.3 Å². The molecule has 37 heavy (non-hydrogen) atoms. The molecule has 7 nitrogen and oxygen atoms in total. The Labute approximate surface area is 218 Å². The van der Waals surface area contributed by atoms with E-state index in [1.807, 2.05) is 12.1 Å². The van der Waals surface area contributed by atoms with Gasteiger partial charge in [0.05, 0.1) is 18.8 Å². The van der Waals surface area contributed by atoms with E-state index in [-0.39, 0.29) is 6.10 Å². The quantitative estimate of drug-likeness (QED) is 0.534. The molecule has 4 heterocycles. The number of fused-ring (bicyclic) bond motifs is 1. The molecule has 0 amide bonds. The summed E-state index contributed by atoms with van der Waals surface area (Å²) in [4.78, 5) is 8.40. The van der Waals surface area contributed by atoms with Crippen molar-refractivity contribution in [1.29, 1.82) is 5.26 Å². The second kappa shape index (κ2) is 10.3. The topological polar surface area (TPSA) is 76.6 Å². The van der Waals surface area contributed by atoms with Gasteiger partial charge in [0, 0.05) is 62.5 Å². The van der Waals surface area contributed by atoms with Crippen molar-refractivity contribution >= 4 is 17.1 Å². The molecule has 1 aromatic heterocycles. The molecule has 2 aromatic carbocycles. The minimum Gasteiger partial charge on any atom is -0.489 e. The Kier molecular flexibility index (Phi) is 6.60. The van der Waals surface area contributed by atoms with E-state index in [0.717, 1.165) is 79.3 Å². The SMILES string of the molecule is CN1CCN(c2ccc(-c3cc4c([nH]3)NCC=C4c3ccc(OC4CCOCC4)c(C#N)c3)cc2)CC1. The number of likely N-dealkylation sites (N-methyl/N-ethyl adjacent to an activating group) is 1. The Bertz CT molecular complexity index is 1320. The van der Waals surface area contributed by atoms with E-state index in [0.29, 0.717) is 24.5 Å². The number of H-pyrrole nitrogens is 1. The van der Waals surface area contributed by atoms with E-state index in [1.54, 1.807) is 0 Å². The molecule has 0 bridgehead atoms. The third kappa shape index (κ3) is 4.95. The van der Waals surface area contributed by atoms with E-state index in [9.17, 15) is 5.26 Å². The fraction of sp³-hybridized carbons (Fsp3) is 0.367. The average molecular weight is 496 g/mol. The molecule has 3 aliphatic rings. The van der Waals surface area contributed by atoms with E-state index in [2.05, 4.69) is 75.7 Å². The van der Waals surface area contributed by atoms with E-state index in [1.165, 1.54) is 5.69 Å². The number of rotatable bonds is 5. The fourth-order valence-electron chi connectivity index (χ4n) is 5.38. The Balaban J connectivity index is 1.23. The lowest BCUT2D eigenvalue weighted by Crippen LogP contribution is -2.44. The Morgan fingerprint density at radius 2 is 1.73 bits per heavy atom. The number of aromatic amines is 1. The van der Waals surface area contributed by atoms with Crippen LogP contribution in [-0.2, 0) is 4.74 Å². The Morgan fingerprint density at radius 1 is 0.973 bits per heavy atom. The van der Waals surface area contributed by atoms with Gasteiger partial charge in [-0.3, -0.25) is 0 Å². The summed E-state index contributed by atoms with van der Waals surface area (Å²) in [5, 5.41) is 13.3. The van der Waals surface area contributed by atoms with Gasteiger partial charge < -0.3 is 29.6 Å². The number of hydrogen-bond donors (Lipinski definition) is 2. The van der Waals surface area contributed by atoms with Crippen molar-refractivity contribution < 1.29 is 9.47 Å². The van der Waals surface area contributed by atoms with Gasteiger partial charge in [-0.25, -0.2) is 0 Å². The predicted octanol–water partition coefficient (Wildman–Crippen LogP) is 4.72. The first-order valence-electron chi connectivity index (χ1n) is 13.2. The first kappa shape index (κ1) is 23.7. The summed E-state index contributed by atoms with van der Waals surface area (Å²) in [7, 11) is 2.18. The Hall–Kier alpha value is -3.73. The van der Waals surface area contributed by atoms with Crippen molar-refractivity contribution in [3.05, 3.63) is 71.3 Å². The summed E-state index contributed by atoms with van der Waals surface area (Å²) in [5.74, 6) is 1.67. The number of anilines is 2. The first-order valence-corrected chi connectivity index (χ1v) is 13.2. The van der Waals surface area contributed by atoms with Crippen LogP contribution in [0.2, 0.25) is 0 Å². The maximum atomic E-state index is 9.85. The van der Waals surface area contributed by atoms with Crippen LogP contribution in [0.3, 0.4) is 0 Å². The molecule has 0 atom stereocenters. The lowest BCUT2D eigenvalue weighted by molar-refractivity contribution is 0.0254. The number of piperazine rings is 1. The number of nitriles is 1. The third-order valence-electron chi connectivity index (χ3n) is 7.61. The van der Waals surface area contributed by atoms with Gasteiger partial charge in [0.2, 0.25) is 0 Å². The molecule has 3 aliphatic heterocycles. The normalized spacial score (nSPS) is 18.5. The van der Waals surface area contributed by atoms with Crippen molar-refractivity contribution in [3.63, 3.8) is 0 Å². The van der Waals surface area contributed by atoms with Crippen LogP contribution >= 0.6 is 0 Å². The fourth-order valence-corrected chi connectivity index (χ4v) is 5.38. The summed E-state index contributed by atoms with van der Waals surface area (Å²) < 4.78 is 11.6. The van der Waals surface area contributed by atoms with Gasteiger partial charge in [0.15, 0.2) is 0 Å². The molecular weight excluding hydrogens is 462 g/mol. The second-order valence-electron chi connectivity index (χ2n) is 10.1.